The lowest BCUT2D eigenvalue weighted by atomic mass is 10.0. The van der Waals surface area contributed by atoms with Gasteiger partial charge in [-0.15, -0.1) is 0 Å². The van der Waals surface area contributed by atoms with Crippen LogP contribution in [0.15, 0.2) is 36.4 Å². The number of nitrogens with zero attached hydrogens (tertiary/aromatic N) is 2. The highest BCUT2D eigenvalue weighted by Gasteiger charge is 2.18. The van der Waals surface area contributed by atoms with E-state index in [1.165, 1.54) is 11.1 Å². The van der Waals surface area contributed by atoms with Crippen molar-refractivity contribution in [2.24, 2.45) is 0 Å². The zero-order valence-corrected chi connectivity index (χ0v) is 9.07. The lowest BCUT2D eigenvalue weighted by Crippen LogP contribution is -1.81. The minimum Gasteiger partial charge on any atom is -0.192 e. The average Bonchev–Trinajstić information content (AvgIpc) is 2.74. The van der Waals surface area contributed by atoms with Gasteiger partial charge in [-0.3, -0.25) is 0 Å². The van der Waals surface area contributed by atoms with Gasteiger partial charge in [0.05, 0.1) is 23.3 Å². The molecule has 0 saturated carbocycles. The molecule has 0 spiro atoms. The van der Waals surface area contributed by atoms with Gasteiger partial charge in [-0.2, -0.15) is 10.5 Å². The van der Waals surface area contributed by atoms with Gasteiger partial charge in [-0.05, 0) is 52.9 Å². The quantitative estimate of drug-likeness (QED) is 0.580. The van der Waals surface area contributed by atoms with Crippen molar-refractivity contribution < 1.29 is 0 Å². The predicted octanol–water partition coefficient (Wildman–Crippen LogP) is 3.00. The molecule has 0 bridgehead atoms. The van der Waals surface area contributed by atoms with E-state index in [-0.39, 0.29) is 0 Å². The molecule has 0 fully saturated rings. The summed E-state index contributed by atoms with van der Waals surface area (Å²) in [6.45, 7) is 0. The number of hydrogen-bond donors (Lipinski definition) is 0. The molecule has 0 aliphatic heterocycles. The van der Waals surface area contributed by atoms with Crippen LogP contribution in [0, 0.1) is 22.7 Å². The first-order valence-corrected chi connectivity index (χ1v) is 5.38. The van der Waals surface area contributed by atoms with Gasteiger partial charge < -0.3 is 0 Å². The zero-order chi connectivity index (χ0) is 11.8. The molecule has 1 aliphatic carbocycles. The summed E-state index contributed by atoms with van der Waals surface area (Å²) >= 11 is 0. The third-order valence-electron chi connectivity index (χ3n) is 3.14. The van der Waals surface area contributed by atoms with Crippen LogP contribution in [0.3, 0.4) is 0 Å². The van der Waals surface area contributed by atoms with Crippen LogP contribution in [0.2, 0.25) is 0 Å². The molecule has 2 aromatic rings. The fourth-order valence-electron chi connectivity index (χ4n) is 2.33. The van der Waals surface area contributed by atoms with Gasteiger partial charge in [0.1, 0.15) is 0 Å². The maximum absolute atomic E-state index is 8.91. The monoisotopic (exact) mass is 216 g/mol. The fourth-order valence-corrected chi connectivity index (χ4v) is 2.33. The smallest absolute Gasteiger partial charge is 0.0991 e. The van der Waals surface area contributed by atoms with E-state index in [0.29, 0.717) is 11.1 Å². The Bertz CT molecular complexity index is 700. The lowest BCUT2D eigenvalue weighted by molar-refractivity contribution is 1.26. The molecule has 78 valence electrons. The van der Waals surface area contributed by atoms with Crippen molar-refractivity contribution in [2.45, 2.75) is 6.42 Å². The zero-order valence-electron chi connectivity index (χ0n) is 9.07. The minimum atomic E-state index is 0.681. The molecule has 2 aromatic carbocycles. The largest absolute Gasteiger partial charge is 0.192 e. The highest BCUT2D eigenvalue weighted by Crippen LogP contribution is 2.37. The van der Waals surface area contributed by atoms with E-state index in [9.17, 15) is 0 Å². The summed E-state index contributed by atoms with van der Waals surface area (Å²) < 4.78 is 0. The van der Waals surface area contributed by atoms with Crippen LogP contribution in [-0.4, -0.2) is 0 Å². The second-order valence-electron chi connectivity index (χ2n) is 4.14. The van der Waals surface area contributed by atoms with Crippen LogP contribution in [0.25, 0.3) is 11.1 Å². The van der Waals surface area contributed by atoms with E-state index in [4.69, 9.17) is 10.5 Å². The number of benzene rings is 2. The molecule has 0 aromatic heterocycles. The first kappa shape index (κ1) is 9.63. The predicted molar refractivity (Wildman–Crippen MR) is 64.1 cm³/mol. The molecule has 0 atom stereocenters. The molecule has 0 saturated heterocycles. The van der Waals surface area contributed by atoms with Crippen molar-refractivity contribution in [3.63, 3.8) is 0 Å². The van der Waals surface area contributed by atoms with E-state index >= 15 is 0 Å². The molecule has 1 aliphatic rings. The summed E-state index contributed by atoms with van der Waals surface area (Å²) in [5, 5.41) is 17.8. The van der Waals surface area contributed by atoms with Gasteiger partial charge in [0.25, 0.3) is 0 Å². The standard InChI is InChI=1S/C15H8N2/c16-8-10-2-4-14-13(5-10)7-12-3-1-11(9-17)6-15(12)14/h1-6H,7H2. The van der Waals surface area contributed by atoms with Crippen molar-refractivity contribution in [1.29, 1.82) is 10.5 Å². The summed E-state index contributed by atoms with van der Waals surface area (Å²) in [4.78, 5) is 0. The number of fused-ring (bicyclic) bond motifs is 3. The minimum absolute atomic E-state index is 0.681. The maximum Gasteiger partial charge on any atom is 0.0991 e. The van der Waals surface area contributed by atoms with E-state index in [0.717, 1.165) is 17.5 Å². The second kappa shape index (κ2) is 3.47. The van der Waals surface area contributed by atoms with E-state index < -0.39 is 0 Å². The fraction of sp³-hybridized carbons (Fsp3) is 0.0667. The Balaban J connectivity index is 2.21. The van der Waals surface area contributed by atoms with Crippen LogP contribution in [-0.2, 0) is 6.42 Å². The molecule has 0 unspecified atom stereocenters. The van der Waals surface area contributed by atoms with Crippen molar-refractivity contribution in [1.82, 2.24) is 0 Å². The van der Waals surface area contributed by atoms with Gasteiger partial charge >= 0.3 is 0 Å². The Kier molecular flexibility index (Phi) is 1.97. The normalized spacial score (nSPS) is 11.2. The molecule has 2 nitrogen and oxygen atoms in total. The Morgan fingerprint density at radius 2 is 1.47 bits per heavy atom. The van der Waals surface area contributed by atoms with Crippen LogP contribution in [0.5, 0.6) is 0 Å². The van der Waals surface area contributed by atoms with Gasteiger partial charge in [-0.25, -0.2) is 0 Å². The van der Waals surface area contributed by atoms with Crippen molar-refractivity contribution in [2.75, 3.05) is 0 Å². The summed E-state index contributed by atoms with van der Waals surface area (Å²) in [5.74, 6) is 0. The Morgan fingerprint density at radius 3 is 2.24 bits per heavy atom. The Hall–Kier alpha value is -2.58. The van der Waals surface area contributed by atoms with Crippen molar-refractivity contribution >= 4 is 0 Å². The molecule has 0 amide bonds. The molecule has 0 N–H and O–H groups in total. The molecular formula is C15H8N2. The van der Waals surface area contributed by atoms with E-state index in [1.54, 1.807) is 0 Å². The summed E-state index contributed by atoms with van der Waals surface area (Å²) in [6, 6.07) is 15.8. The van der Waals surface area contributed by atoms with Gasteiger partial charge in [-0.1, -0.05) is 12.1 Å². The van der Waals surface area contributed by atoms with Crippen molar-refractivity contribution in [3.8, 4) is 23.3 Å². The van der Waals surface area contributed by atoms with Gasteiger partial charge in [0, 0.05) is 0 Å². The average molecular weight is 216 g/mol. The lowest BCUT2D eigenvalue weighted by Gasteiger charge is -2.01. The first-order chi connectivity index (χ1) is 8.31. The van der Waals surface area contributed by atoms with Crippen LogP contribution >= 0.6 is 0 Å². The molecule has 0 radical (unpaired) electrons. The van der Waals surface area contributed by atoms with Crippen LogP contribution in [0.1, 0.15) is 22.3 Å². The first-order valence-electron chi connectivity index (χ1n) is 5.38. The Morgan fingerprint density at radius 1 is 0.765 bits per heavy atom. The van der Waals surface area contributed by atoms with E-state index in [1.807, 2.05) is 36.4 Å². The molecule has 3 rings (SSSR count). The third-order valence-corrected chi connectivity index (χ3v) is 3.14. The van der Waals surface area contributed by atoms with E-state index in [2.05, 4.69) is 12.1 Å². The number of rotatable bonds is 0. The highest BCUT2D eigenvalue weighted by molar-refractivity contribution is 5.78. The molecule has 2 heteroatoms. The summed E-state index contributed by atoms with van der Waals surface area (Å²) in [6.07, 6.45) is 0.853. The van der Waals surface area contributed by atoms with Gasteiger partial charge in [0.15, 0.2) is 0 Å². The molecule has 17 heavy (non-hydrogen) atoms. The van der Waals surface area contributed by atoms with Crippen LogP contribution < -0.4 is 0 Å². The van der Waals surface area contributed by atoms with Gasteiger partial charge in [0.2, 0.25) is 0 Å². The van der Waals surface area contributed by atoms with Crippen molar-refractivity contribution in [3.05, 3.63) is 58.7 Å². The SMILES string of the molecule is N#Cc1ccc2c(c1)Cc1ccc(C#N)cc1-2. The topological polar surface area (TPSA) is 47.6 Å². The molecular weight excluding hydrogens is 208 g/mol. The Labute approximate surface area is 99.4 Å². The highest BCUT2D eigenvalue weighted by atomic mass is 14.3. The van der Waals surface area contributed by atoms with Crippen LogP contribution in [0.4, 0.5) is 0 Å². The summed E-state index contributed by atoms with van der Waals surface area (Å²) in [7, 11) is 0. The number of hydrogen-bond acceptors (Lipinski definition) is 2. The third kappa shape index (κ3) is 1.40. The second-order valence-corrected chi connectivity index (χ2v) is 4.14. The molecule has 0 heterocycles. The summed E-state index contributed by atoms with van der Waals surface area (Å²) in [5.41, 5.74) is 6.06. The number of nitriles is 2. The maximum atomic E-state index is 8.91.